The lowest BCUT2D eigenvalue weighted by Gasteiger charge is -2.36. The van der Waals surface area contributed by atoms with Gasteiger partial charge in [0.15, 0.2) is 11.6 Å². The first kappa shape index (κ1) is 38.3. The first-order valence-corrected chi connectivity index (χ1v) is 21.5. The van der Waals surface area contributed by atoms with Crippen molar-refractivity contribution >= 4 is 60.6 Å². The van der Waals surface area contributed by atoms with Gasteiger partial charge in [0.1, 0.15) is 26.9 Å². The number of ether oxygens (including phenoxy) is 1. The molecule has 2 amide bonds. The van der Waals surface area contributed by atoms with Gasteiger partial charge in [0, 0.05) is 56.4 Å². The number of fused-ring (bicyclic) bond motifs is 2. The van der Waals surface area contributed by atoms with Gasteiger partial charge >= 0.3 is 0 Å². The first-order chi connectivity index (χ1) is 29.8. The maximum absolute atomic E-state index is 13.8. The second-order valence-electron chi connectivity index (χ2n) is 14.9. The normalized spacial score (nSPS) is 15.8. The molecule has 6 aromatic heterocycles. The predicted molar refractivity (Wildman–Crippen MR) is 236 cm³/mol. The van der Waals surface area contributed by atoms with E-state index in [9.17, 15) is 19.2 Å². The Labute approximate surface area is 356 Å². The first-order valence-electron chi connectivity index (χ1n) is 19.8. The molecule has 1 unspecified atom stereocenters. The number of nitrogens with one attached hydrogen (secondary N) is 2. The van der Waals surface area contributed by atoms with E-state index in [0.29, 0.717) is 105 Å². The average molecular weight is 848 g/mol. The van der Waals surface area contributed by atoms with Gasteiger partial charge in [-0.2, -0.15) is 0 Å². The molecule has 2 fully saturated rings. The van der Waals surface area contributed by atoms with E-state index in [-0.39, 0.29) is 29.0 Å². The van der Waals surface area contributed by atoms with Crippen LogP contribution in [0, 0.1) is 6.92 Å². The van der Waals surface area contributed by atoms with Gasteiger partial charge in [-0.05, 0) is 60.0 Å². The van der Waals surface area contributed by atoms with Gasteiger partial charge in [-0.15, -0.1) is 22.7 Å². The summed E-state index contributed by atoms with van der Waals surface area (Å²) in [6.45, 7) is 5.48. The van der Waals surface area contributed by atoms with Crippen LogP contribution in [0.5, 0.6) is 0 Å². The molecule has 2 N–H and O–H groups in total. The summed E-state index contributed by atoms with van der Waals surface area (Å²) < 4.78 is 6.77. The molecular weight excluding hydrogens is 811 g/mol. The number of aromatic nitrogens is 6. The number of carbonyl (C=O) groups excluding carboxylic acids is 2. The van der Waals surface area contributed by atoms with Crippen molar-refractivity contribution in [2.24, 2.45) is 0 Å². The molecule has 0 radical (unpaired) electrons. The molecule has 2 aromatic carbocycles. The maximum Gasteiger partial charge on any atom is 0.269 e. The zero-order valence-electron chi connectivity index (χ0n) is 32.8. The van der Waals surface area contributed by atoms with E-state index < -0.39 is 0 Å². The van der Waals surface area contributed by atoms with Gasteiger partial charge in [0.2, 0.25) is 0 Å². The highest BCUT2D eigenvalue weighted by Crippen LogP contribution is 2.32. The van der Waals surface area contributed by atoms with Crippen molar-refractivity contribution in [2.75, 3.05) is 50.8 Å². The molecule has 0 spiro atoms. The largest absolute Gasteiger partial charge is 0.370 e. The molecule has 8 heterocycles. The molecular formula is C45H37N9O5S2. The molecule has 61 heavy (non-hydrogen) atoms. The number of thiophene rings is 2. The third-order valence-electron chi connectivity index (χ3n) is 11.1. The summed E-state index contributed by atoms with van der Waals surface area (Å²) in [5, 5.41) is 0. The van der Waals surface area contributed by atoms with E-state index in [0.717, 1.165) is 33.7 Å². The van der Waals surface area contributed by atoms with E-state index in [4.69, 9.17) is 9.72 Å². The Morgan fingerprint density at radius 1 is 0.721 bits per heavy atom. The number of morpholine rings is 1. The highest BCUT2D eigenvalue weighted by atomic mass is 32.1. The number of hydrogen-bond acceptors (Lipinski definition) is 12. The fourth-order valence-electron chi connectivity index (χ4n) is 7.85. The number of carbonyl (C=O) groups is 2. The molecule has 2 aliphatic rings. The third kappa shape index (κ3) is 7.38. The molecule has 10 rings (SSSR count). The summed E-state index contributed by atoms with van der Waals surface area (Å²) in [6, 6.07) is 28.9. The summed E-state index contributed by atoms with van der Waals surface area (Å²) in [6.07, 6.45) is 3.19. The maximum atomic E-state index is 13.8. The topological polar surface area (TPSA) is 170 Å². The Hall–Kier alpha value is -6.88. The fourth-order valence-corrected chi connectivity index (χ4v) is 9.92. The van der Waals surface area contributed by atoms with Crippen LogP contribution in [0.15, 0.2) is 113 Å². The van der Waals surface area contributed by atoms with Gasteiger partial charge in [-0.3, -0.25) is 29.1 Å². The molecule has 2 aliphatic heterocycles. The lowest BCUT2D eigenvalue weighted by molar-refractivity contribution is -0.0226. The van der Waals surface area contributed by atoms with Crippen LogP contribution in [-0.4, -0.2) is 97.4 Å². The number of H-pyrrole nitrogens is 2. The molecule has 1 atom stereocenters. The van der Waals surface area contributed by atoms with Crippen LogP contribution < -0.4 is 16.0 Å². The number of aryl methyl sites for hydroxylation is 1. The van der Waals surface area contributed by atoms with E-state index in [1.54, 1.807) is 35.5 Å². The van der Waals surface area contributed by atoms with E-state index >= 15 is 0 Å². The van der Waals surface area contributed by atoms with Gasteiger partial charge < -0.3 is 29.4 Å². The van der Waals surface area contributed by atoms with E-state index in [2.05, 4.69) is 42.0 Å². The molecule has 0 bridgehead atoms. The quantitative estimate of drug-likeness (QED) is 0.179. The van der Waals surface area contributed by atoms with Crippen LogP contribution in [0.2, 0.25) is 0 Å². The summed E-state index contributed by atoms with van der Waals surface area (Å²) in [5.74, 6) is 0.437. The molecule has 16 heteroatoms. The number of anilines is 1. The van der Waals surface area contributed by atoms with Crippen molar-refractivity contribution in [2.45, 2.75) is 13.0 Å². The number of nitrogens with zero attached hydrogens (tertiary/aromatic N) is 7. The minimum atomic E-state index is -0.324. The molecule has 0 saturated carbocycles. The van der Waals surface area contributed by atoms with Crippen LogP contribution in [0.4, 0.5) is 5.69 Å². The Morgan fingerprint density at radius 2 is 1.49 bits per heavy atom. The van der Waals surface area contributed by atoms with Crippen LogP contribution in [0.25, 0.3) is 54.6 Å². The van der Waals surface area contributed by atoms with Gasteiger partial charge in [0.05, 0.1) is 33.9 Å². The zero-order chi connectivity index (χ0) is 41.6. The third-order valence-corrected chi connectivity index (χ3v) is 13.5. The Morgan fingerprint density at radius 3 is 2.26 bits per heavy atom. The second-order valence-corrected chi connectivity index (χ2v) is 17.0. The monoisotopic (exact) mass is 847 g/mol. The minimum absolute atomic E-state index is 0.105. The zero-order valence-corrected chi connectivity index (χ0v) is 34.5. The Balaban J connectivity index is 0.807. The number of benzene rings is 2. The van der Waals surface area contributed by atoms with Gasteiger partial charge in [-0.1, -0.05) is 54.6 Å². The molecule has 2 saturated heterocycles. The van der Waals surface area contributed by atoms with E-state index in [1.807, 2.05) is 72.5 Å². The van der Waals surface area contributed by atoms with Crippen molar-refractivity contribution in [1.82, 2.24) is 39.7 Å². The van der Waals surface area contributed by atoms with Crippen LogP contribution in [-0.2, 0) is 4.74 Å². The number of rotatable bonds is 7. The van der Waals surface area contributed by atoms with Gasteiger partial charge in [0.25, 0.3) is 22.9 Å². The average Bonchev–Trinajstić information content (AvgIpc) is 3.91. The highest BCUT2D eigenvalue weighted by molar-refractivity contribution is 7.21. The number of hydrogen-bond donors (Lipinski definition) is 2. The standard InChI is InChI=1S/C45H37N9O5S2/c1-26-36-39(43(56)51-41(49-36)31-12-5-6-15-46-31)61-37(26)45(58)53-18-16-52(17-19-53)30-11-7-10-28(22-30)29-13-14-32(47-24-29)40-48-33-23-35(60-38(33)42(55)50-40)44(57)54-20-21-59-34(25-54)27-8-3-2-4-9-27/h2-15,22-24,34H,16-21,25H2,1H3,(H,48,50,55)(H,49,51,56). The lowest BCUT2D eigenvalue weighted by atomic mass is 10.1. The van der Waals surface area contributed by atoms with Crippen molar-refractivity contribution in [3.63, 3.8) is 0 Å². The van der Waals surface area contributed by atoms with Crippen molar-refractivity contribution in [1.29, 1.82) is 0 Å². The van der Waals surface area contributed by atoms with Crippen molar-refractivity contribution in [3.05, 3.63) is 145 Å². The number of piperazine rings is 1. The van der Waals surface area contributed by atoms with Crippen molar-refractivity contribution in [3.8, 4) is 34.2 Å². The number of amides is 2. The molecule has 0 aliphatic carbocycles. The summed E-state index contributed by atoms with van der Waals surface area (Å²) in [5.41, 5.74) is 6.01. The highest BCUT2D eigenvalue weighted by Gasteiger charge is 2.29. The van der Waals surface area contributed by atoms with Crippen molar-refractivity contribution < 1.29 is 14.3 Å². The summed E-state index contributed by atoms with van der Waals surface area (Å²) in [7, 11) is 0. The predicted octanol–water partition coefficient (Wildman–Crippen LogP) is 6.56. The van der Waals surface area contributed by atoms with Gasteiger partial charge in [-0.25, -0.2) is 9.97 Å². The second kappa shape index (κ2) is 15.9. The summed E-state index contributed by atoms with van der Waals surface area (Å²) >= 11 is 2.33. The SMILES string of the molecule is Cc1c(C(=O)N2CCN(c3cccc(-c4ccc(-c5nc6cc(C(=O)N7CCOC(c8ccccc8)C7)sc6c(=O)[nH]5)nc4)c3)CC2)sc2c(=O)[nH]c(-c3ccccn3)nc12. The van der Waals surface area contributed by atoms with Crippen LogP contribution >= 0.6 is 22.7 Å². The Bertz CT molecular complexity index is 3070. The van der Waals surface area contributed by atoms with E-state index in [1.165, 1.54) is 11.3 Å². The van der Waals surface area contributed by atoms with Crippen LogP contribution in [0.3, 0.4) is 0 Å². The van der Waals surface area contributed by atoms with Crippen LogP contribution in [0.1, 0.15) is 36.6 Å². The summed E-state index contributed by atoms with van der Waals surface area (Å²) in [4.78, 5) is 84.6. The molecule has 8 aromatic rings. The number of aromatic amines is 2. The smallest absolute Gasteiger partial charge is 0.269 e. The minimum Gasteiger partial charge on any atom is -0.370 e. The molecule has 304 valence electrons. The molecule has 14 nitrogen and oxygen atoms in total. The number of pyridine rings is 2. The Kier molecular flexibility index (Phi) is 10.0. The fraction of sp³-hybridized carbons (Fsp3) is 0.200. The lowest BCUT2D eigenvalue weighted by Crippen LogP contribution is -2.48.